The highest BCUT2D eigenvalue weighted by atomic mass is 32.1. The van der Waals surface area contributed by atoms with Gasteiger partial charge in [-0.3, -0.25) is 0 Å². The summed E-state index contributed by atoms with van der Waals surface area (Å²) in [5.74, 6) is -0.249. The highest BCUT2D eigenvalue weighted by Crippen LogP contribution is 2.28. The fourth-order valence-corrected chi connectivity index (χ4v) is 2.60. The lowest BCUT2D eigenvalue weighted by Gasteiger charge is -2.08. The minimum atomic E-state index is -2.43. The molecular formula is C15H16F3NOS. The largest absolute Gasteiger partial charge is 0.374 e. The lowest BCUT2D eigenvalue weighted by atomic mass is 10.1. The fraction of sp³-hybridized carbons (Fsp3) is 0.333. The molecule has 0 aliphatic rings. The van der Waals surface area contributed by atoms with Crippen LogP contribution in [0.5, 0.6) is 0 Å². The van der Waals surface area contributed by atoms with Crippen molar-refractivity contribution in [3.63, 3.8) is 0 Å². The molecule has 0 saturated carbocycles. The molecule has 21 heavy (non-hydrogen) atoms. The van der Waals surface area contributed by atoms with Crippen LogP contribution in [0, 0.1) is 5.82 Å². The van der Waals surface area contributed by atoms with Crippen LogP contribution in [0.25, 0.3) is 10.4 Å². The second-order valence-electron chi connectivity index (χ2n) is 4.43. The number of benzene rings is 1. The molecule has 0 aliphatic carbocycles. The molecule has 0 amide bonds. The van der Waals surface area contributed by atoms with Crippen molar-refractivity contribution in [1.82, 2.24) is 5.32 Å². The number of thiophene rings is 1. The molecule has 1 aromatic heterocycles. The molecule has 6 heteroatoms. The van der Waals surface area contributed by atoms with Crippen LogP contribution in [0.2, 0.25) is 0 Å². The van der Waals surface area contributed by atoms with Gasteiger partial charge in [-0.05, 0) is 29.1 Å². The molecule has 1 aromatic carbocycles. The third kappa shape index (κ3) is 5.15. The minimum Gasteiger partial charge on any atom is -0.374 e. The van der Waals surface area contributed by atoms with E-state index in [-0.39, 0.29) is 12.4 Å². The van der Waals surface area contributed by atoms with Crippen molar-refractivity contribution in [2.24, 2.45) is 0 Å². The molecule has 2 aromatic rings. The van der Waals surface area contributed by atoms with Gasteiger partial charge in [-0.1, -0.05) is 12.1 Å². The highest BCUT2D eigenvalue weighted by Gasteiger charge is 2.07. The average molecular weight is 315 g/mol. The van der Waals surface area contributed by atoms with E-state index in [0.29, 0.717) is 18.7 Å². The Balaban J connectivity index is 1.83. The fourth-order valence-electron chi connectivity index (χ4n) is 1.85. The van der Waals surface area contributed by atoms with Gasteiger partial charge in [-0.25, -0.2) is 13.2 Å². The summed E-state index contributed by atoms with van der Waals surface area (Å²) >= 11 is 1.49. The first-order valence-corrected chi connectivity index (χ1v) is 7.43. The van der Waals surface area contributed by atoms with Crippen molar-refractivity contribution in [3.05, 3.63) is 47.1 Å². The second-order valence-corrected chi connectivity index (χ2v) is 5.38. The summed E-state index contributed by atoms with van der Waals surface area (Å²) < 4.78 is 42.2. The Morgan fingerprint density at radius 3 is 2.81 bits per heavy atom. The molecule has 1 heterocycles. The summed E-state index contributed by atoms with van der Waals surface area (Å²) in [5.41, 5.74) is 1.52. The van der Waals surface area contributed by atoms with E-state index in [4.69, 9.17) is 4.74 Å². The molecule has 1 N–H and O–H groups in total. The van der Waals surface area contributed by atoms with Crippen molar-refractivity contribution in [2.45, 2.75) is 13.0 Å². The first kappa shape index (κ1) is 16.0. The van der Waals surface area contributed by atoms with Gasteiger partial charge in [0.1, 0.15) is 12.4 Å². The maximum atomic E-state index is 13.8. The van der Waals surface area contributed by atoms with Crippen molar-refractivity contribution in [2.75, 3.05) is 19.8 Å². The van der Waals surface area contributed by atoms with E-state index >= 15 is 0 Å². The van der Waals surface area contributed by atoms with Crippen LogP contribution in [-0.4, -0.2) is 26.2 Å². The van der Waals surface area contributed by atoms with Gasteiger partial charge >= 0.3 is 0 Å². The summed E-state index contributed by atoms with van der Waals surface area (Å²) in [6.07, 6.45) is -2.43. The summed E-state index contributed by atoms with van der Waals surface area (Å²) in [7, 11) is 0. The van der Waals surface area contributed by atoms with Crippen LogP contribution >= 0.6 is 11.3 Å². The molecule has 0 fully saturated rings. The van der Waals surface area contributed by atoms with Crippen LogP contribution in [0.1, 0.15) is 5.56 Å². The van der Waals surface area contributed by atoms with Crippen molar-refractivity contribution < 1.29 is 17.9 Å². The van der Waals surface area contributed by atoms with E-state index in [1.807, 2.05) is 17.5 Å². The standard InChI is InChI=1S/C15H16F3NOS/c16-13-4-3-11(8-12(13)14-2-1-7-21-14)9-19-5-6-20-10-15(17)18/h1-4,7-8,15,19H,5-6,9-10H2. The molecular weight excluding hydrogens is 299 g/mol. The van der Waals surface area contributed by atoms with Gasteiger partial charge in [-0.2, -0.15) is 0 Å². The maximum Gasteiger partial charge on any atom is 0.261 e. The maximum absolute atomic E-state index is 13.8. The van der Waals surface area contributed by atoms with Gasteiger partial charge < -0.3 is 10.1 Å². The monoisotopic (exact) mass is 315 g/mol. The molecule has 0 radical (unpaired) electrons. The predicted octanol–water partition coefficient (Wildman–Crippen LogP) is 3.93. The van der Waals surface area contributed by atoms with Crippen molar-refractivity contribution >= 4 is 11.3 Å². The smallest absolute Gasteiger partial charge is 0.261 e. The molecule has 0 saturated heterocycles. The van der Waals surface area contributed by atoms with E-state index in [1.165, 1.54) is 17.4 Å². The summed E-state index contributed by atoms with van der Waals surface area (Å²) in [6, 6.07) is 8.70. The Kier molecular flexibility index (Phi) is 6.22. The van der Waals surface area contributed by atoms with E-state index in [0.717, 1.165) is 10.4 Å². The van der Waals surface area contributed by atoms with E-state index in [1.54, 1.807) is 12.1 Å². The predicted molar refractivity (Wildman–Crippen MR) is 78.2 cm³/mol. The third-order valence-corrected chi connectivity index (χ3v) is 3.72. The zero-order valence-electron chi connectivity index (χ0n) is 11.3. The zero-order chi connectivity index (χ0) is 15.1. The molecule has 2 rings (SSSR count). The van der Waals surface area contributed by atoms with Gasteiger partial charge in [0.25, 0.3) is 6.43 Å². The topological polar surface area (TPSA) is 21.3 Å². The first-order chi connectivity index (χ1) is 10.2. The summed E-state index contributed by atoms with van der Waals surface area (Å²) in [4.78, 5) is 0.884. The number of hydrogen-bond acceptors (Lipinski definition) is 3. The Hall–Kier alpha value is -1.37. The Bertz CT molecular complexity index is 546. The van der Waals surface area contributed by atoms with Crippen molar-refractivity contribution in [1.29, 1.82) is 0 Å². The summed E-state index contributed by atoms with van der Waals surface area (Å²) in [6.45, 7) is 0.694. The van der Waals surface area contributed by atoms with Gasteiger partial charge in [0.15, 0.2) is 0 Å². The van der Waals surface area contributed by atoms with Crippen molar-refractivity contribution in [3.8, 4) is 10.4 Å². The van der Waals surface area contributed by atoms with E-state index in [2.05, 4.69) is 5.32 Å². The van der Waals surface area contributed by atoms with Crippen LogP contribution < -0.4 is 5.32 Å². The van der Waals surface area contributed by atoms with Gasteiger partial charge in [-0.15, -0.1) is 11.3 Å². The Morgan fingerprint density at radius 2 is 2.10 bits per heavy atom. The van der Waals surface area contributed by atoms with Crippen LogP contribution in [0.3, 0.4) is 0 Å². The molecule has 114 valence electrons. The van der Waals surface area contributed by atoms with Gasteiger partial charge in [0, 0.05) is 23.5 Å². The number of nitrogens with one attached hydrogen (secondary N) is 1. The van der Waals surface area contributed by atoms with E-state index < -0.39 is 13.0 Å². The van der Waals surface area contributed by atoms with E-state index in [9.17, 15) is 13.2 Å². The third-order valence-electron chi connectivity index (χ3n) is 2.81. The summed E-state index contributed by atoms with van der Waals surface area (Å²) in [5, 5.41) is 4.98. The second kappa shape index (κ2) is 8.17. The first-order valence-electron chi connectivity index (χ1n) is 6.55. The quantitative estimate of drug-likeness (QED) is 0.745. The van der Waals surface area contributed by atoms with Crippen LogP contribution in [0.15, 0.2) is 35.7 Å². The molecule has 0 bridgehead atoms. The number of halogens is 3. The van der Waals surface area contributed by atoms with Gasteiger partial charge in [0.2, 0.25) is 0 Å². The minimum absolute atomic E-state index is 0.226. The lowest BCUT2D eigenvalue weighted by Crippen LogP contribution is -2.20. The number of hydrogen-bond donors (Lipinski definition) is 1. The molecule has 0 spiro atoms. The molecule has 0 atom stereocenters. The molecule has 0 aliphatic heterocycles. The van der Waals surface area contributed by atoms with Crippen LogP contribution in [-0.2, 0) is 11.3 Å². The molecule has 2 nitrogen and oxygen atoms in total. The molecule has 0 unspecified atom stereocenters. The highest BCUT2D eigenvalue weighted by molar-refractivity contribution is 7.13. The zero-order valence-corrected chi connectivity index (χ0v) is 12.1. The SMILES string of the molecule is Fc1ccc(CNCCOCC(F)F)cc1-c1cccs1. The number of rotatable bonds is 8. The average Bonchev–Trinajstić information content (AvgIpc) is 2.98. The lowest BCUT2D eigenvalue weighted by molar-refractivity contribution is 0.0187. The number of ether oxygens (including phenoxy) is 1. The van der Waals surface area contributed by atoms with Gasteiger partial charge in [0.05, 0.1) is 6.61 Å². The Labute approximate surface area is 125 Å². The van der Waals surface area contributed by atoms with Crippen LogP contribution in [0.4, 0.5) is 13.2 Å². The Morgan fingerprint density at radius 1 is 1.24 bits per heavy atom. The number of alkyl halides is 2. The normalized spacial score (nSPS) is 11.2.